The summed E-state index contributed by atoms with van der Waals surface area (Å²) in [5.41, 5.74) is 1.25. The van der Waals surface area contributed by atoms with Gasteiger partial charge in [0.1, 0.15) is 0 Å². The predicted octanol–water partition coefficient (Wildman–Crippen LogP) is 1.96. The van der Waals surface area contributed by atoms with Gasteiger partial charge < -0.3 is 10.6 Å². The molecule has 0 saturated carbocycles. The third kappa shape index (κ3) is 2.32. The zero-order valence-corrected chi connectivity index (χ0v) is 11.3. The van der Waals surface area contributed by atoms with Crippen LogP contribution < -0.4 is 10.6 Å². The molecule has 20 heavy (non-hydrogen) atoms. The Morgan fingerprint density at radius 1 is 1.40 bits per heavy atom. The minimum atomic E-state index is -0.336. The molecule has 1 saturated heterocycles. The number of pyridine rings is 1. The van der Waals surface area contributed by atoms with E-state index < -0.39 is 0 Å². The zero-order valence-electron chi connectivity index (χ0n) is 10.5. The van der Waals surface area contributed by atoms with Crippen LogP contribution in [0, 0.1) is 5.92 Å². The first-order valence-corrected chi connectivity index (χ1v) is 6.64. The highest BCUT2D eigenvalue weighted by Gasteiger charge is 2.28. The largest absolute Gasteiger partial charge is 0.355 e. The number of aromatic nitrogens is 1. The van der Waals surface area contributed by atoms with Gasteiger partial charge in [-0.2, -0.15) is 0 Å². The first kappa shape index (κ1) is 12.9. The number of halogens is 1. The van der Waals surface area contributed by atoms with Gasteiger partial charge in [-0.1, -0.05) is 11.6 Å². The molecule has 1 aromatic carbocycles. The quantitative estimate of drug-likeness (QED) is 0.888. The number of fused-ring (bicyclic) bond motifs is 1. The van der Waals surface area contributed by atoms with Gasteiger partial charge in [0, 0.05) is 24.5 Å². The van der Waals surface area contributed by atoms with E-state index in [1.807, 2.05) is 6.07 Å². The van der Waals surface area contributed by atoms with Crippen LogP contribution in [0.4, 0.5) is 5.69 Å². The maximum absolute atomic E-state index is 12.1. The Balaban J connectivity index is 1.89. The van der Waals surface area contributed by atoms with Crippen molar-refractivity contribution in [1.82, 2.24) is 10.3 Å². The molecule has 5 nitrogen and oxygen atoms in total. The van der Waals surface area contributed by atoms with Crippen LogP contribution in [-0.4, -0.2) is 23.3 Å². The Kier molecular flexibility index (Phi) is 3.28. The van der Waals surface area contributed by atoms with Crippen LogP contribution in [0.3, 0.4) is 0 Å². The van der Waals surface area contributed by atoms with E-state index in [2.05, 4.69) is 15.6 Å². The van der Waals surface area contributed by atoms with Gasteiger partial charge in [-0.3, -0.25) is 14.6 Å². The second kappa shape index (κ2) is 5.09. The summed E-state index contributed by atoms with van der Waals surface area (Å²) < 4.78 is 0. The normalized spacial score (nSPS) is 18.1. The van der Waals surface area contributed by atoms with Gasteiger partial charge in [0.05, 0.1) is 22.1 Å². The van der Waals surface area contributed by atoms with E-state index >= 15 is 0 Å². The third-order valence-corrected chi connectivity index (χ3v) is 3.65. The van der Waals surface area contributed by atoms with Crippen molar-refractivity contribution in [2.45, 2.75) is 6.42 Å². The topological polar surface area (TPSA) is 71.1 Å². The predicted molar refractivity (Wildman–Crippen MR) is 76.5 cm³/mol. The zero-order chi connectivity index (χ0) is 14.1. The summed E-state index contributed by atoms with van der Waals surface area (Å²) in [7, 11) is 0. The highest BCUT2D eigenvalue weighted by molar-refractivity contribution is 6.35. The molecule has 2 aromatic rings. The molecule has 1 fully saturated rings. The van der Waals surface area contributed by atoms with Gasteiger partial charge in [0.25, 0.3) is 0 Å². The van der Waals surface area contributed by atoms with Crippen LogP contribution in [0.5, 0.6) is 0 Å². The molecule has 1 aromatic heterocycles. The lowest BCUT2D eigenvalue weighted by Crippen LogP contribution is -2.24. The molecule has 1 unspecified atom stereocenters. The highest BCUT2D eigenvalue weighted by Crippen LogP contribution is 2.28. The number of carbonyl (C=O) groups excluding carboxylic acids is 2. The average Bonchev–Trinajstić information content (AvgIpc) is 2.89. The Labute approximate surface area is 120 Å². The van der Waals surface area contributed by atoms with Crippen molar-refractivity contribution in [2.24, 2.45) is 5.92 Å². The number of rotatable bonds is 2. The lowest BCUT2D eigenvalue weighted by Gasteiger charge is -2.11. The lowest BCUT2D eigenvalue weighted by atomic mass is 10.1. The minimum Gasteiger partial charge on any atom is -0.355 e. The lowest BCUT2D eigenvalue weighted by molar-refractivity contribution is -0.123. The summed E-state index contributed by atoms with van der Waals surface area (Å²) in [5.74, 6) is -0.612. The summed E-state index contributed by atoms with van der Waals surface area (Å²) in [5, 5.41) is 6.84. The summed E-state index contributed by atoms with van der Waals surface area (Å²) >= 11 is 6.10. The highest BCUT2D eigenvalue weighted by atomic mass is 35.5. The number of carbonyl (C=O) groups is 2. The molecule has 2 heterocycles. The van der Waals surface area contributed by atoms with Crippen LogP contribution in [0.15, 0.2) is 30.5 Å². The maximum atomic E-state index is 12.1. The number of hydrogen-bond acceptors (Lipinski definition) is 3. The summed E-state index contributed by atoms with van der Waals surface area (Å²) in [6.07, 6.45) is 1.87. The summed E-state index contributed by atoms with van der Waals surface area (Å²) in [6, 6.07) is 7.08. The van der Waals surface area contributed by atoms with E-state index in [1.165, 1.54) is 0 Å². The van der Waals surface area contributed by atoms with Crippen LogP contribution >= 0.6 is 11.6 Å². The van der Waals surface area contributed by atoms with Crippen molar-refractivity contribution in [3.63, 3.8) is 0 Å². The summed E-state index contributed by atoms with van der Waals surface area (Å²) in [4.78, 5) is 27.5. The van der Waals surface area contributed by atoms with Gasteiger partial charge in [-0.05, 0) is 24.3 Å². The monoisotopic (exact) mass is 289 g/mol. The fraction of sp³-hybridized carbons (Fsp3) is 0.214. The molecule has 1 atom stereocenters. The fourth-order valence-corrected chi connectivity index (χ4v) is 2.48. The maximum Gasteiger partial charge on any atom is 0.229 e. The molecule has 6 heteroatoms. The summed E-state index contributed by atoms with van der Waals surface area (Å²) in [6.45, 7) is 0.379. The molecular weight excluding hydrogens is 278 g/mol. The Morgan fingerprint density at radius 2 is 2.25 bits per heavy atom. The molecule has 1 aliphatic heterocycles. The SMILES string of the molecule is O=C1CC(C(=O)Nc2ccc(Cl)c3cccnc23)CN1. The van der Waals surface area contributed by atoms with E-state index in [9.17, 15) is 9.59 Å². The van der Waals surface area contributed by atoms with Gasteiger partial charge in [-0.25, -0.2) is 0 Å². The van der Waals surface area contributed by atoms with Crippen molar-refractivity contribution < 1.29 is 9.59 Å². The first-order valence-electron chi connectivity index (χ1n) is 6.26. The van der Waals surface area contributed by atoms with Crippen LogP contribution in [0.25, 0.3) is 10.9 Å². The van der Waals surface area contributed by atoms with Gasteiger partial charge in [0.2, 0.25) is 11.8 Å². The van der Waals surface area contributed by atoms with Crippen LogP contribution in [-0.2, 0) is 9.59 Å². The molecule has 102 valence electrons. The standard InChI is InChI=1S/C14H12ClN3O2/c15-10-3-4-11(13-9(10)2-1-5-16-13)18-14(20)8-6-12(19)17-7-8/h1-5,8H,6-7H2,(H,17,19)(H,18,20). The van der Waals surface area contributed by atoms with Crippen molar-refractivity contribution in [1.29, 1.82) is 0 Å². The number of anilines is 1. The molecule has 2 amide bonds. The number of nitrogens with zero attached hydrogens (tertiary/aromatic N) is 1. The second-order valence-electron chi connectivity index (χ2n) is 4.69. The van der Waals surface area contributed by atoms with Gasteiger partial charge in [0.15, 0.2) is 0 Å². The molecule has 1 aliphatic rings. The number of nitrogens with one attached hydrogen (secondary N) is 2. The smallest absolute Gasteiger partial charge is 0.229 e. The molecule has 0 radical (unpaired) electrons. The van der Waals surface area contributed by atoms with Crippen molar-refractivity contribution in [3.8, 4) is 0 Å². The molecule has 0 bridgehead atoms. The fourth-order valence-electron chi connectivity index (χ4n) is 2.26. The van der Waals surface area contributed by atoms with Crippen LogP contribution in [0.2, 0.25) is 5.02 Å². The van der Waals surface area contributed by atoms with E-state index in [0.717, 1.165) is 5.39 Å². The molecule has 0 spiro atoms. The van der Waals surface area contributed by atoms with Crippen molar-refractivity contribution in [2.75, 3.05) is 11.9 Å². The Morgan fingerprint density at radius 3 is 3.00 bits per heavy atom. The number of benzene rings is 1. The molecular formula is C14H12ClN3O2. The van der Waals surface area contributed by atoms with E-state index in [4.69, 9.17) is 11.6 Å². The molecule has 0 aliphatic carbocycles. The first-order chi connectivity index (χ1) is 9.65. The van der Waals surface area contributed by atoms with Crippen LogP contribution in [0.1, 0.15) is 6.42 Å². The van der Waals surface area contributed by atoms with E-state index in [0.29, 0.717) is 22.8 Å². The molecule has 3 rings (SSSR count). The van der Waals surface area contributed by atoms with E-state index in [-0.39, 0.29) is 24.2 Å². The van der Waals surface area contributed by atoms with E-state index in [1.54, 1.807) is 24.4 Å². The third-order valence-electron chi connectivity index (χ3n) is 3.32. The van der Waals surface area contributed by atoms with Crippen molar-refractivity contribution >= 4 is 40.0 Å². The van der Waals surface area contributed by atoms with Crippen molar-refractivity contribution in [3.05, 3.63) is 35.5 Å². The average molecular weight is 290 g/mol. The number of amides is 2. The van der Waals surface area contributed by atoms with Gasteiger partial charge in [-0.15, -0.1) is 0 Å². The minimum absolute atomic E-state index is 0.0933. The molecule has 2 N–H and O–H groups in total. The van der Waals surface area contributed by atoms with Gasteiger partial charge >= 0.3 is 0 Å². The number of hydrogen-bond donors (Lipinski definition) is 2. The Hall–Kier alpha value is -2.14. The second-order valence-corrected chi connectivity index (χ2v) is 5.10. The Bertz CT molecular complexity index is 702.